The van der Waals surface area contributed by atoms with Crippen LogP contribution in [0, 0.1) is 6.92 Å². The molecule has 0 radical (unpaired) electrons. The maximum atomic E-state index is 5.52. The van der Waals surface area contributed by atoms with Crippen molar-refractivity contribution in [3.05, 3.63) is 17.5 Å². The number of aromatic nitrogens is 2. The Morgan fingerprint density at radius 1 is 1.60 bits per heavy atom. The van der Waals surface area contributed by atoms with E-state index in [2.05, 4.69) is 21.5 Å². The molecule has 1 aromatic rings. The standard InChI is InChI=1S/C9H14N4S2/c1-6-5-7(8(10)14)13-9(12-6)11-3-4-15-2/h5H,3-4H2,1-2H3,(H2,10,14)(H,11,12,13). The second-order valence-corrected chi connectivity index (χ2v) is 4.43. The molecule has 1 aromatic heterocycles. The third kappa shape index (κ3) is 4.01. The van der Waals surface area contributed by atoms with E-state index in [1.165, 1.54) is 0 Å². The maximum Gasteiger partial charge on any atom is 0.223 e. The summed E-state index contributed by atoms with van der Waals surface area (Å²) in [6, 6.07) is 1.78. The summed E-state index contributed by atoms with van der Waals surface area (Å²) in [5.41, 5.74) is 6.99. The molecular formula is C9H14N4S2. The molecule has 0 aliphatic carbocycles. The van der Waals surface area contributed by atoms with Crippen molar-refractivity contribution < 1.29 is 0 Å². The summed E-state index contributed by atoms with van der Waals surface area (Å²) in [4.78, 5) is 8.75. The molecule has 6 heteroatoms. The van der Waals surface area contributed by atoms with Crippen LogP contribution in [0.5, 0.6) is 0 Å². The fourth-order valence-electron chi connectivity index (χ4n) is 1.04. The van der Waals surface area contributed by atoms with Crippen molar-refractivity contribution >= 4 is 34.9 Å². The van der Waals surface area contributed by atoms with Crippen molar-refractivity contribution in [2.75, 3.05) is 23.9 Å². The van der Waals surface area contributed by atoms with Gasteiger partial charge in [-0.05, 0) is 19.2 Å². The van der Waals surface area contributed by atoms with Crippen LogP contribution in [0.4, 0.5) is 5.95 Å². The zero-order valence-electron chi connectivity index (χ0n) is 8.78. The molecule has 0 aromatic carbocycles. The summed E-state index contributed by atoms with van der Waals surface area (Å²) in [5, 5.41) is 3.12. The lowest BCUT2D eigenvalue weighted by atomic mass is 10.3. The molecule has 0 saturated carbocycles. The molecule has 0 spiro atoms. The van der Waals surface area contributed by atoms with Gasteiger partial charge in [-0.2, -0.15) is 11.8 Å². The first-order valence-corrected chi connectivity index (χ1v) is 6.32. The summed E-state index contributed by atoms with van der Waals surface area (Å²) in [6.07, 6.45) is 2.05. The molecule has 15 heavy (non-hydrogen) atoms. The van der Waals surface area contributed by atoms with Crippen molar-refractivity contribution in [1.82, 2.24) is 9.97 Å². The number of hydrogen-bond donors (Lipinski definition) is 2. The average molecular weight is 242 g/mol. The van der Waals surface area contributed by atoms with Crippen LogP contribution < -0.4 is 11.1 Å². The van der Waals surface area contributed by atoms with Gasteiger partial charge in [0.05, 0.1) is 0 Å². The summed E-state index contributed by atoms with van der Waals surface area (Å²) < 4.78 is 0. The van der Waals surface area contributed by atoms with Crippen LogP contribution in [-0.4, -0.2) is 33.5 Å². The van der Waals surface area contributed by atoms with Gasteiger partial charge >= 0.3 is 0 Å². The fraction of sp³-hybridized carbons (Fsp3) is 0.444. The zero-order chi connectivity index (χ0) is 11.3. The minimum absolute atomic E-state index is 0.299. The highest BCUT2D eigenvalue weighted by Crippen LogP contribution is 2.05. The van der Waals surface area contributed by atoms with E-state index in [1.807, 2.05) is 6.92 Å². The lowest BCUT2D eigenvalue weighted by Gasteiger charge is -2.06. The Kier molecular flexibility index (Phi) is 4.77. The van der Waals surface area contributed by atoms with E-state index in [-0.39, 0.29) is 0 Å². The number of rotatable bonds is 5. The molecule has 0 unspecified atom stereocenters. The van der Waals surface area contributed by atoms with Crippen molar-refractivity contribution in [3.63, 3.8) is 0 Å². The summed E-state index contributed by atoms with van der Waals surface area (Å²) in [6.45, 7) is 2.73. The smallest absolute Gasteiger partial charge is 0.223 e. The second-order valence-electron chi connectivity index (χ2n) is 3.00. The Morgan fingerprint density at radius 3 is 2.93 bits per heavy atom. The number of nitrogens with one attached hydrogen (secondary N) is 1. The van der Waals surface area contributed by atoms with Gasteiger partial charge in [-0.15, -0.1) is 0 Å². The van der Waals surface area contributed by atoms with E-state index in [0.29, 0.717) is 16.6 Å². The number of thiocarbonyl (C=S) groups is 1. The Bertz CT molecular complexity index is 354. The van der Waals surface area contributed by atoms with E-state index in [4.69, 9.17) is 18.0 Å². The quantitative estimate of drug-likeness (QED) is 0.597. The number of nitrogens with two attached hydrogens (primary N) is 1. The molecule has 0 aliphatic rings. The van der Waals surface area contributed by atoms with E-state index < -0.39 is 0 Å². The first-order chi connectivity index (χ1) is 7.13. The Balaban J connectivity index is 2.75. The topological polar surface area (TPSA) is 63.8 Å². The van der Waals surface area contributed by atoms with Gasteiger partial charge in [0.15, 0.2) is 0 Å². The van der Waals surface area contributed by atoms with Crippen molar-refractivity contribution in [1.29, 1.82) is 0 Å². The lowest BCUT2D eigenvalue weighted by molar-refractivity contribution is 1.05. The van der Waals surface area contributed by atoms with Gasteiger partial charge in [0.1, 0.15) is 10.7 Å². The molecule has 0 atom stereocenters. The van der Waals surface area contributed by atoms with E-state index in [1.54, 1.807) is 17.8 Å². The number of thioether (sulfide) groups is 1. The maximum absolute atomic E-state index is 5.52. The van der Waals surface area contributed by atoms with Crippen LogP contribution in [-0.2, 0) is 0 Å². The normalized spacial score (nSPS) is 10.0. The number of nitrogens with zero attached hydrogens (tertiary/aromatic N) is 2. The highest BCUT2D eigenvalue weighted by molar-refractivity contribution is 7.98. The molecule has 0 aliphatic heterocycles. The van der Waals surface area contributed by atoms with Gasteiger partial charge in [-0.3, -0.25) is 0 Å². The first-order valence-electron chi connectivity index (χ1n) is 4.52. The van der Waals surface area contributed by atoms with E-state index in [0.717, 1.165) is 18.0 Å². The monoisotopic (exact) mass is 242 g/mol. The molecule has 82 valence electrons. The molecule has 0 bridgehead atoms. The van der Waals surface area contributed by atoms with Crippen molar-refractivity contribution in [2.24, 2.45) is 5.73 Å². The molecular weight excluding hydrogens is 228 g/mol. The highest BCUT2D eigenvalue weighted by Gasteiger charge is 2.03. The third-order valence-corrected chi connectivity index (χ3v) is 2.52. The van der Waals surface area contributed by atoms with E-state index >= 15 is 0 Å². The average Bonchev–Trinajstić information content (AvgIpc) is 2.17. The predicted molar refractivity (Wildman–Crippen MR) is 69.5 cm³/mol. The number of anilines is 1. The predicted octanol–water partition coefficient (Wildman–Crippen LogP) is 1.19. The van der Waals surface area contributed by atoms with E-state index in [9.17, 15) is 0 Å². The Morgan fingerprint density at radius 2 is 2.33 bits per heavy atom. The minimum atomic E-state index is 0.299. The molecule has 4 nitrogen and oxygen atoms in total. The summed E-state index contributed by atoms with van der Waals surface area (Å²) in [5.74, 6) is 1.60. The van der Waals surface area contributed by atoms with Gasteiger partial charge in [0.2, 0.25) is 5.95 Å². The van der Waals surface area contributed by atoms with Crippen molar-refractivity contribution in [2.45, 2.75) is 6.92 Å². The van der Waals surface area contributed by atoms with Crippen LogP contribution in [0.2, 0.25) is 0 Å². The SMILES string of the molecule is CSCCNc1nc(C)cc(C(N)=S)n1. The third-order valence-electron chi connectivity index (χ3n) is 1.70. The largest absolute Gasteiger partial charge is 0.388 e. The highest BCUT2D eigenvalue weighted by atomic mass is 32.2. The fourth-order valence-corrected chi connectivity index (χ4v) is 1.45. The van der Waals surface area contributed by atoms with Crippen LogP contribution in [0.25, 0.3) is 0 Å². The summed E-state index contributed by atoms with van der Waals surface area (Å²) >= 11 is 6.64. The van der Waals surface area contributed by atoms with Crippen LogP contribution in [0.15, 0.2) is 6.07 Å². The van der Waals surface area contributed by atoms with Crippen molar-refractivity contribution in [3.8, 4) is 0 Å². The molecule has 1 rings (SSSR count). The Hall–Kier alpha value is -0.880. The van der Waals surface area contributed by atoms with Crippen LogP contribution in [0.3, 0.4) is 0 Å². The second kappa shape index (κ2) is 5.87. The Labute approximate surface area is 99.1 Å². The van der Waals surface area contributed by atoms with Gasteiger partial charge in [-0.1, -0.05) is 12.2 Å². The molecule has 1 heterocycles. The molecule has 3 N–H and O–H groups in total. The minimum Gasteiger partial charge on any atom is -0.388 e. The summed E-state index contributed by atoms with van der Waals surface area (Å²) in [7, 11) is 0. The zero-order valence-corrected chi connectivity index (χ0v) is 10.4. The van der Waals surface area contributed by atoms with Crippen LogP contribution in [0.1, 0.15) is 11.4 Å². The van der Waals surface area contributed by atoms with Gasteiger partial charge in [-0.25, -0.2) is 9.97 Å². The number of hydrogen-bond acceptors (Lipinski definition) is 5. The van der Waals surface area contributed by atoms with Gasteiger partial charge in [0.25, 0.3) is 0 Å². The molecule has 0 saturated heterocycles. The molecule has 0 fully saturated rings. The lowest BCUT2D eigenvalue weighted by Crippen LogP contribution is -2.15. The van der Waals surface area contributed by atoms with Crippen LogP contribution >= 0.6 is 24.0 Å². The van der Waals surface area contributed by atoms with Gasteiger partial charge in [0, 0.05) is 18.0 Å². The molecule has 0 amide bonds. The number of aryl methyl sites for hydroxylation is 1. The van der Waals surface area contributed by atoms with Gasteiger partial charge < -0.3 is 11.1 Å². The first kappa shape index (κ1) is 12.2.